The zero-order valence-electron chi connectivity index (χ0n) is 11.9. The summed E-state index contributed by atoms with van der Waals surface area (Å²) in [6, 6.07) is 15.9. The third-order valence-electron chi connectivity index (χ3n) is 2.86. The topological polar surface area (TPSA) is 21.3 Å². The Morgan fingerprint density at radius 2 is 1.90 bits per heavy atom. The third kappa shape index (κ3) is 4.46. The molecular formula is C17H20ClNO. The molecule has 0 spiro atoms. The van der Waals surface area contributed by atoms with Crippen LogP contribution >= 0.6 is 11.6 Å². The van der Waals surface area contributed by atoms with Gasteiger partial charge in [-0.25, -0.2) is 0 Å². The van der Waals surface area contributed by atoms with Crippen molar-refractivity contribution in [1.82, 2.24) is 0 Å². The smallest absolute Gasteiger partial charge is 0.121 e. The van der Waals surface area contributed by atoms with Gasteiger partial charge in [-0.1, -0.05) is 49.7 Å². The van der Waals surface area contributed by atoms with Crippen molar-refractivity contribution >= 4 is 17.3 Å². The Kier molecular flexibility index (Phi) is 5.31. The van der Waals surface area contributed by atoms with Crippen molar-refractivity contribution in [1.29, 1.82) is 0 Å². The number of hydrogen-bond acceptors (Lipinski definition) is 2. The van der Waals surface area contributed by atoms with Gasteiger partial charge in [-0.3, -0.25) is 0 Å². The van der Waals surface area contributed by atoms with Crippen molar-refractivity contribution in [3.8, 4) is 5.75 Å². The summed E-state index contributed by atoms with van der Waals surface area (Å²) in [5.74, 6) is 1.41. The van der Waals surface area contributed by atoms with Gasteiger partial charge in [-0.05, 0) is 29.7 Å². The summed E-state index contributed by atoms with van der Waals surface area (Å²) in [6.45, 7) is 5.71. The molecule has 0 aromatic heterocycles. The van der Waals surface area contributed by atoms with Gasteiger partial charge in [0.25, 0.3) is 0 Å². The molecule has 3 heteroatoms. The number of ether oxygens (including phenoxy) is 1. The monoisotopic (exact) mass is 289 g/mol. The van der Waals surface area contributed by atoms with E-state index in [0.29, 0.717) is 12.5 Å². The highest BCUT2D eigenvalue weighted by atomic mass is 35.5. The second-order valence-corrected chi connectivity index (χ2v) is 5.58. The molecule has 20 heavy (non-hydrogen) atoms. The number of anilines is 1. The minimum absolute atomic E-state index is 0.523. The Hall–Kier alpha value is -1.67. The number of hydrogen-bond donors (Lipinski definition) is 1. The molecule has 0 atom stereocenters. The van der Waals surface area contributed by atoms with Gasteiger partial charge in [0.05, 0.1) is 6.61 Å². The summed E-state index contributed by atoms with van der Waals surface area (Å²) < 4.78 is 5.72. The minimum atomic E-state index is 0.523. The van der Waals surface area contributed by atoms with Crippen LogP contribution in [0.5, 0.6) is 5.75 Å². The molecule has 0 radical (unpaired) electrons. The Labute approximate surface area is 125 Å². The second kappa shape index (κ2) is 7.20. The summed E-state index contributed by atoms with van der Waals surface area (Å²) in [7, 11) is 0. The molecule has 0 aliphatic heterocycles. The van der Waals surface area contributed by atoms with Crippen LogP contribution in [0.4, 0.5) is 5.69 Å². The highest BCUT2D eigenvalue weighted by molar-refractivity contribution is 6.31. The van der Waals surface area contributed by atoms with Crippen LogP contribution < -0.4 is 10.1 Å². The van der Waals surface area contributed by atoms with Crippen molar-refractivity contribution < 1.29 is 4.74 Å². The highest BCUT2D eigenvalue weighted by Crippen LogP contribution is 2.20. The summed E-state index contributed by atoms with van der Waals surface area (Å²) >= 11 is 6.14. The van der Waals surface area contributed by atoms with Gasteiger partial charge < -0.3 is 10.1 Å². The van der Waals surface area contributed by atoms with E-state index in [1.165, 1.54) is 0 Å². The summed E-state index contributed by atoms with van der Waals surface area (Å²) in [4.78, 5) is 0. The van der Waals surface area contributed by atoms with Crippen LogP contribution in [0, 0.1) is 5.92 Å². The predicted octanol–water partition coefficient (Wildman–Crippen LogP) is 4.99. The molecule has 2 nitrogen and oxygen atoms in total. The van der Waals surface area contributed by atoms with Crippen LogP contribution in [0.25, 0.3) is 0 Å². The zero-order valence-corrected chi connectivity index (χ0v) is 12.7. The Bertz CT molecular complexity index is 554. The Morgan fingerprint density at radius 1 is 1.10 bits per heavy atom. The number of halogens is 1. The molecule has 0 saturated carbocycles. The average Bonchev–Trinajstić information content (AvgIpc) is 2.45. The van der Waals surface area contributed by atoms with Crippen molar-refractivity contribution in [3.63, 3.8) is 0 Å². The first-order chi connectivity index (χ1) is 9.65. The molecule has 2 aromatic carbocycles. The van der Waals surface area contributed by atoms with E-state index in [1.54, 1.807) is 0 Å². The van der Waals surface area contributed by atoms with E-state index >= 15 is 0 Å². The van der Waals surface area contributed by atoms with Crippen LogP contribution in [0.15, 0.2) is 48.5 Å². The molecule has 1 N–H and O–H groups in total. The standard InChI is InChI=1S/C17H20ClNO/c1-13(2)12-20-16-8-5-7-15(10-16)19-11-14-6-3-4-9-17(14)18/h3-10,13,19H,11-12H2,1-2H3. The van der Waals surface area contributed by atoms with Crippen LogP contribution in [0.1, 0.15) is 19.4 Å². The van der Waals surface area contributed by atoms with E-state index in [1.807, 2.05) is 48.5 Å². The molecule has 106 valence electrons. The van der Waals surface area contributed by atoms with Crippen LogP contribution in [-0.2, 0) is 6.54 Å². The predicted molar refractivity (Wildman–Crippen MR) is 85.6 cm³/mol. The van der Waals surface area contributed by atoms with E-state index in [9.17, 15) is 0 Å². The van der Waals surface area contributed by atoms with Crippen molar-refractivity contribution in [2.75, 3.05) is 11.9 Å². The first-order valence-corrected chi connectivity index (χ1v) is 7.23. The summed E-state index contributed by atoms with van der Waals surface area (Å²) in [6.07, 6.45) is 0. The molecule has 0 saturated heterocycles. The Morgan fingerprint density at radius 3 is 2.65 bits per heavy atom. The van der Waals surface area contributed by atoms with Crippen LogP contribution in [-0.4, -0.2) is 6.61 Å². The fourth-order valence-electron chi connectivity index (χ4n) is 1.80. The minimum Gasteiger partial charge on any atom is -0.493 e. The Balaban J connectivity index is 1.96. The molecule has 0 heterocycles. The fourth-order valence-corrected chi connectivity index (χ4v) is 2.00. The van der Waals surface area contributed by atoms with Crippen molar-refractivity contribution in [2.24, 2.45) is 5.92 Å². The maximum absolute atomic E-state index is 6.14. The zero-order chi connectivity index (χ0) is 14.4. The normalized spacial score (nSPS) is 10.6. The first-order valence-electron chi connectivity index (χ1n) is 6.85. The maximum Gasteiger partial charge on any atom is 0.121 e. The van der Waals surface area contributed by atoms with Gasteiger partial charge in [0.1, 0.15) is 5.75 Å². The van der Waals surface area contributed by atoms with Crippen LogP contribution in [0.3, 0.4) is 0 Å². The molecule has 0 bridgehead atoms. The van der Waals surface area contributed by atoms with E-state index < -0.39 is 0 Å². The first kappa shape index (κ1) is 14.7. The van der Waals surface area contributed by atoms with Gasteiger partial charge >= 0.3 is 0 Å². The van der Waals surface area contributed by atoms with E-state index in [4.69, 9.17) is 16.3 Å². The van der Waals surface area contributed by atoms with Gasteiger partial charge in [0, 0.05) is 23.3 Å². The molecule has 0 aliphatic rings. The lowest BCUT2D eigenvalue weighted by Crippen LogP contribution is -2.05. The lowest BCUT2D eigenvalue weighted by atomic mass is 10.2. The molecule has 2 aromatic rings. The summed E-state index contributed by atoms with van der Waals surface area (Å²) in [5.41, 5.74) is 2.12. The molecular weight excluding hydrogens is 270 g/mol. The molecule has 0 fully saturated rings. The van der Waals surface area contributed by atoms with Gasteiger partial charge in [-0.15, -0.1) is 0 Å². The summed E-state index contributed by atoms with van der Waals surface area (Å²) in [5, 5.41) is 4.15. The van der Waals surface area contributed by atoms with Crippen molar-refractivity contribution in [3.05, 3.63) is 59.1 Å². The van der Waals surface area contributed by atoms with E-state index in [-0.39, 0.29) is 0 Å². The molecule has 0 unspecified atom stereocenters. The van der Waals surface area contributed by atoms with Gasteiger partial charge in [0.2, 0.25) is 0 Å². The van der Waals surface area contributed by atoms with Gasteiger partial charge in [-0.2, -0.15) is 0 Å². The number of nitrogens with one attached hydrogen (secondary N) is 1. The molecule has 2 rings (SSSR count). The highest BCUT2D eigenvalue weighted by Gasteiger charge is 2.01. The largest absolute Gasteiger partial charge is 0.493 e. The lowest BCUT2D eigenvalue weighted by Gasteiger charge is -2.11. The molecule has 0 aliphatic carbocycles. The second-order valence-electron chi connectivity index (χ2n) is 5.18. The fraction of sp³-hybridized carbons (Fsp3) is 0.294. The van der Waals surface area contributed by atoms with E-state index in [0.717, 1.165) is 28.6 Å². The average molecular weight is 290 g/mol. The van der Waals surface area contributed by atoms with E-state index in [2.05, 4.69) is 19.2 Å². The van der Waals surface area contributed by atoms with Crippen LogP contribution in [0.2, 0.25) is 5.02 Å². The lowest BCUT2D eigenvalue weighted by molar-refractivity contribution is 0.271. The number of benzene rings is 2. The SMILES string of the molecule is CC(C)COc1cccc(NCc2ccccc2Cl)c1. The van der Waals surface area contributed by atoms with Gasteiger partial charge in [0.15, 0.2) is 0 Å². The van der Waals surface area contributed by atoms with Crippen molar-refractivity contribution in [2.45, 2.75) is 20.4 Å². The maximum atomic E-state index is 6.14. The quantitative estimate of drug-likeness (QED) is 0.809. The molecule has 0 amide bonds. The third-order valence-corrected chi connectivity index (χ3v) is 3.23. The number of rotatable bonds is 6.